The minimum atomic E-state index is -0.774. The van der Waals surface area contributed by atoms with E-state index in [9.17, 15) is 9.59 Å². The maximum absolute atomic E-state index is 11.3. The van der Waals surface area contributed by atoms with Crippen LogP contribution in [-0.2, 0) is 19.1 Å². The molecule has 0 amide bonds. The second kappa shape index (κ2) is 6.88. The summed E-state index contributed by atoms with van der Waals surface area (Å²) < 4.78 is 11.0. The Morgan fingerprint density at radius 3 is 1.89 bits per heavy atom. The molecule has 0 aromatic heterocycles. The molecule has 0 N–H and O–H groups in total. The van der Waals surface area contributed by atoms with E-state index in [1.807, 2.05) is 13.8 Å². The Bertz CT molecular complexity index is 290. The van der Waals surface area contributed by atoms with Crippen LogP contribution in [0.1, 0.15) is 60.8 Å². The highest BCUT2D eigenvalue weighted by Gasteiger charge is 2.31. The largest absolute Gasteiger partial charge is 0.459 e. The summed E-state index contributed by atoms with van der Waals surface area (Å²) in [5.74, 6) is -0.280. The lowest BCUT2D eigenvalue weighted by Gasteiger charge is -2.32. The first-order chi connectivity index (χ1) is 8.19. The molecule has 0 unspecified atom stereocenters. The quantitative estimate of drug-likeness (QED) is 0.628. The minimum absolute atomic E-state index is 0.00594. The van der Waals surface area contributed by atoms with Gasteiger partial charge >= 0.3 is 5.97 Å². The molecule has 18 heavy (non-hydrogen) atoms. The molecule has 0 aromatic carbocycles. The average Bonchev–Trinajstić information content (AvgIpc) is 2.26. The SMILES string of the molecule is CCC(CC)(CCOC(C)(C)C(C)=O)OC(C)=O. The molecule has 0 rings (SSSR count). The molecular weight excluding hydrogens is 232 g/mol. The van der Waals surface area contributed by atoms with E-state index >= 15 is 0 Å². The summed E-state index contributed by atoms with van der Waals surface area (Å²) in [4.78, 5) is 22.5. The molecule has 0 bridgehead atoms. The molecule has 0 atom stereocenters. The first kappa shape index (κ1) is 17.1. The van der Waals surface area contributed by atoms with Crippen molar-refractivity contribution in [3.05, 3.63) is 0 Å². The van der Waals surface area contributed by atoms with Crippen molar-refractivity contribution in [2.24, 2.45) is 0 Å². The van der Waals surface area contributed by atoms with Gasteiger partial charge in [0.1, 0.15) is 11.2 Å². The first-order valence-electron chi connectivity index (χ1n) is 6.53. The van der Waals surface area contributed by atoms with Crippen molar-refractivity contribution in [2.45, 2.75) is 72.0 Å². The van der Waals surface area contributed by atoms with Crippen LogP contribution in [0, 0.1) is 0 Å². The predicted molar refractivity (Wildman–Crippen MR) is 70.4 cm³/mol. The van der Waals surface area contributed by atoms with Crippen LogP contribution in [0.25, 0.3) is 0 Å². The van der Waals surface area contributed by atoms with Gasteiger partial charge < -0.3 is 9.47 Å². The molecule has 0 aliphatic carbocycles. The first-order valence-corrected chi connectivity index (χ1v) is 6.53. The van der Waals surface area contributed by atoms with Gasteiger partial charge in [-0.2, -0.15) is 0 Å². The summed E-state index contributed by atoms with van der Waals surface area (Å²) in [5, 5.41) is 0. The van der Waals surface area contributed by atoms with E-state index in [4.69, 9.17) is 9.47 Å². The van der Waals surface area contributed by atoms with Gasteiger partial charge in [0.2, 0.25) is 0 Å². The Balaban J connectivity index is 4.45. The summed E-state index contributed by atoms with van der Waals surface area (Å²) in [6.45, 7) is 10.8. The number of hydrogen-bond donors (Lipinski definition) is 0. The Kier molecular flexibility index (Phi) is 6.54. The molecule has 0 saturated carbocycles. The van der Waals surface area contributed by atoms with Crippen molar-refractivity contribution in [3.63, 3.8) is 0 Å². The maximum Gasteiger partial charge on any atom is 0.303 e. The molecule has 0 spiro atoms. The van der Waals surface area contributed by atoms with Crippen LogP contribution in [-0.4, -0.2) is 29.6 Å². The van der Waals surface area contributed by atoms with E-state index in [0.717, 1.165) is 12.8 Å². The molecular formula is C14H26O4. The van der Waals surface area contributed by atoms with E-state index in [1.54, 1.807) is 13.8 Å². The number of esters is 1. The third kappa shape index (κ3) is 5.17. The van der Waals surface area contributed by atoms with Gasteiger partial charge in [-0.25, -0.2) is 0 Å². The standard InChI is InChI=1S/C14H26O4/c1-7-14(8-2,18-12(4)16)9-10-17-13(5,6)11(3)15/h7-10H2,1-6H3. The number of Topliss-reactive ketones (excluding diaryl/α,β-unsaturated/α-hetero) is 1. The van der Waals surface area contributed by atoms with Gasteiger partial charge in [0.15, 0.2) is 5.78 Å². The van der Waals surface area contributed by atoms with E-state index in [1.165, 1.54) is 13.8 Å². The van der Waals surface area contributed by atoms with Crippen LogP contribution in [0.15, 0.2) is 0 Å². The van der Waals surface area contributed by atoms with Gasteiger partial charge in [0, 0.05) is 13.3 Å². The van der Waals surface area contributed by atoms with Crippen LogP contribution in [0.5, 0.6) is 0 Å². The highest BCUT2D eigenvalue weighted by molar-refractivity contribution is 5.83. The number of carbonyl (C=O) groups excluding carboxylic acids is 2. The topological polar surface area (TPSA) is 52.6 Å². The monoisotopic (exact) mass is 258 g/mol. The van der Waals surface area contributed by atoms with E-state index in [2.05, 4.69) is 0 Å². The lowest BCUT2D eigenvalue weighted by Crippen LogP contribution is -2.38. The fourth-order valence-electron chi connectivity index (χ4n) is 1.70. The minimum Gasteiger partial charge on any atom is -0.459 e. The van der Waals surface area contributed by atoms with Gasteiger partial charge in [0.05, 0.1) is 6.61 Å². The molecule has 0 fully saturated rings. The molecule has 0 aromatic rings. The fraction of sp³-hybridized carbons (Fsp3) is 0.857. The van der Waals surface area contributed by atoms with Crippen molar-refractivity contribution in [3.8, 4) is 0 Å². The Morgan fingerprint density at radius 2 is 1.56 bits per heavy atom. The predicted octanol–water partition coefficient (Wildman–Crippen LogP) is 2.88. The highest BCUT2D eigenvalue weighted by Crippen LogP contribution is 2.26. The van der Waals surface area contributed by atoms with Crippen LogP contribution in [0.3, 0.4) is 0 Å². The number of ether oxygens (including phenoxy) is 2. The van der Waals surface area contributed by atoms with Crippen molar-refractivity contribution in [1.82, 2.24) is 0 Å². The molecule has 106 valence electrons. The van der Waals surface area contributed by atoms with Gasteiger partial charge in [0.25, 0.3) is 0 Å². The lowest BCUT2D eigenvalue weighted by atomic mass is 9.93. The zero-order valence-corrected chi connectivity index (χ0v) is 12.5. The zero-order chi connectivity index (χ0) is 14.4. The van der Waals surface area contributed by atoms with Gasteiger partial charge in [-0.3, -0.25) is 9.59 Å². The van der Waals surface area contributed by atoms with Crippen molar-refractivity contribution in [1.29, 1.82) is 0 Å². The summed E-state index contributed by atoms with van der Waals surface area (Å²) in [6.07, 6.45) is 2.09. The zero-order valence-electron chi connectivity index (χ0n) is 12.5. The average molecular weight is 258 g/mol. The molecule has 0 aliphatic heterocycles. The van der Waals surface area contributed by atoms with E-state index in [0.29, 0.717) is 13.0 Å². The van der Waals surface area contributed by atoms with Crippen molar-refractivity contribution in [2.75, 3.05) is 6.61 Å². The summed E-state index contributed by atoms with van der Waals surface area (Å²) in [6, 6.07) is 0. The molecule has 0 saturated heterocycles. The second-order valence-corrected chi connectivity index (χ2v) is 5.15. The smallest absolute Gasteiger partial charge is 0.303 e. The van der Waals surface area contributed by atoms with Crippen molar-refractivity contribution >= 4 is 11.8 Å². The third-order valence-corrected chi connectivity index (χ3v) is 3.52. The van der Waals surface area contributed by atoms with Gasteiger partial charge in [-0.15, -0.1) is 0 Å². The molecule has 0 aliphatic rings. The molecule has 0 radical (unpaired) electrons. The van der Waals surface area contributed by atoms with Crippen LogP contribution in [0.2, 0.25) is 0 Å². The number of carbonyl (C=O) groups is 2. The third-order valence-electron chi connectivity index (χ3n) is 3.52. The van der Waals surface area contributed by atoms with Gasteiger partial charge in [-0.1, -0.05) is 13.8 Å². The molecule has 4 nitrogen and oxygen atoms in total. The van der Waals surface area contributed by atoms with E-state index in [-0.39, 0.29) is 11.8 Å². The van der Waals surface area contributed by atoms with Crippen molar-refractivity contribution < 1.29 is 19.1 Å². The number of rotatable bonds is 8. The summed E-state index contributed by atoms with van der Waals surface area (Å²) in [7, 11) is 0. The lowest BCUT2D eigenvalue weighted by molar-refractivity contribution is -0.163. The Labute approximate surface area is 110 Å². The van der Waals surface area contributed by atoms with Crippen LogP contribution in [0.4, 0.5) is 0 Å². The Hall–Kier alpha value is -0.900. The molecule has 4 heteroatoms. The second-order valence-electron chi connectivity index (χ2n) is 5.15. The Morgan fingerprint density at radius 1 is 1.06 bits per heavy atom. The summed E-state index contributed by atoms with van der Waals surface area (Å²) >= 11 is 0. The number of hydrogen-bond acceptors (Lipinski definition) is 4. The fourth-order valence-corrected chi connectivity index (χ4v) is 1.70. The summed E-state index contributed by atoms with van der Waals surface area (Å²) in [5.41, 5.74) is -1.25. The highest BCUT2D eigenvalue weighted by atomic mass is 16.6. The van der Waals surface area contributed by atoms with Crippen LogP contribution >= 0.6 is 0 Å². The normalized spacial score (nSPS) is 12.3. The molecule has 0 heterocycles. The number of ketones is 1. The van der Waals surface area contributed by atoms with E-state index < -0.39 is 11.2 Å². The maximum atomic E-state index is 11.3. The van der Waals surface area contributed by atoms with Gasteiger partial charge in [-0.05, 0) is 33.6 Å². The van der Waals surface area contributed by atoms with Crippen LogP contribution < -0.4 is 0 Å².